The molecule has 0 aliphatic heterocycles. The second kappa shape index (κ2) is 3.90. The third-order valence-corrected chi connectivity index (χ3v) is 1.66. The molecule has 0 atom stereocenters. The number of hydrogen-bond donors (Lipinski definition) is 1. The van der Waals surface area contributed by atoms with Crippen molar-refractivity contribution in [3.8, 4) is 0 Å². The van der Waals surface area contributed by atoms with E-state index in [1.54, 1.807) is 6.92 Å². The maximum Gasteiger partial charge on any atom is 0.0965 e. The fourth-order valence-corrected chi connectivity index (χ4v) is 1.12. The van der Waals surface area contributed by atoms with Crippen molar-refractivity contribution in [3.63, 3.8) is 0 Å². The fraction of sp³-hybridized carbons (Fsp3) is 0.182. The van der Waals surface area contributed by atoms with Crippen LogP contribution < -0.4 is 5.73 Å². The van der Waals surface area contributed by atoms with E-state index in [9.17, 15) is 0 Å². The van der Waals surface area contributed by atoms with Crippen LogP contribution in [0.5, 0.6) is 0 Å². The molecule has 2 heteroatoms. The van der Waals surface area contributed by atoms with Crippen LogP contribution in [0.2, 0.25) is 0 Å². The minimum absolute atomic E-state index is 0.564. The van der Waals surface area contributed by atoms with Gasteiger partial charge in [-0.15, -0.1) is 0 Å². The quantitative estimate of drug-likeness (QED) is 0.543. The van der Waals surface area contributed by atoms with Crippen LogP contribution in [0.25, 0.3) is 5.57 Å². The minimum Gasteiger partial charge on any atom is -0.387 e. The lowest BCUT2D eigenvalue weighted by Crippen LogP contribution is -2.04. The third-order valence-electron chi connectivity index (χ3n) is 1.66. The van der Waals surface area contributed by atoms with E-state index in [0.717, 1.165) is 16.8 Å². The number of para-hydroxylation sites is 1. The topological polar surface area (TPSA) is 38.4 Å². The second-order valence-corrected chi connectivity index (χ2v) is 3.05. The highest BCUT2D eigenvalue weighted by atomic mass is 14.8. The molecule has 0 amide bonds. The van der Waals surface area contributed by atoms with Crippen molar-refractivity contribution < 1.29 is 0 Å². The normalized spacial score (nSPS) is 11.4. The molecular weight excluding hydrogens is 160 g/mol. The first kappa shape index (κ1) is 9.52. The summed E-state index contributed by atoms with van der Waals surface area (Å²) in [6.07, 6.45) is 0. The fourth-order valence-electron chi connectivity index (χ4n) is 1.12. The zero-order chi connectivity index (χ0) is 9.84. The zero-order valence-corrected chi connectivity index (χ0v) is 8.04. The summed E-state index contributed by atoms with van der Waals surface area (Å²) < 4.78 is 0. The maximum atomic E-state index is 5.51. The molecule has 0 aliphatic rings. The average molecular weight is 174 g/mol. The van der Waals surface area contributed by atoms with Crippen LogP contribution in [-0.4, -0.2) is 5.84 Å². The number of rotatable bonds is 2. The zero-order valence-electron chi connectivity index (χ0n) is 8.04. The molecule has 2 N–H and O–H groups in total. The molecule has 0 aromatic heterocycles. The van der Waals surface area contributed by atoms with Gasteiger partial charge < -0.3 is 5.73 Å². The van der Waals surface area contributed by atoms with Crippen molar-refractivity contribution in [2.24, 2.45) is 10.7 Å². The van der Waals surface area contributed by atoms with Crippen LogP contribution in [0.3, 0.4) is 0 Å². The molecule has 2 nitrogen and oxygen atoms in total. The van der Waals surface area contributed by atoms with Crippen molar-refractivity contribution >= 4 is 17.1 Å². The van der Waals surface area contributed by atoms with Gasteiger partial charge in [0.1, 0.15) is 0 Å². The molecular formula is C11H14N2. The van der Waals surface area contributed by atoms with Crippen molar-refractivity contribution in [2.45, 2.75) is 13.8 Å². The summed E-state index contributed by atoms with van der Waals surface area (Å²) in [4.78, 5) is 4.21. The second-order valence-electron chi connectivity index (χ2n) is 3.05. The van der Waals surface area contributed by atoms with Gasteiger partial charge in [-0.2, -0.15) is 0 Å². The largest absolute Gasteiger partial charge is 0.387 e. The maximum absolute atomic E-state index is 5.51. The molecule has 1 aromatic rings. The molecule has 13 heavy (non-hydrogen) atoms. The summed E-state index contributed by atoms with van der Waals surface area (Å²) in [6, 6.07) is 7.83. The van der Waals surface area contributed by atoms with Crippen LogP contribution in [0.15, 0.2) is 35.8 Å². The van der Waals surface area contributed by atoms with E-state index in [1.165, 1.54) is 0 Å². The third kappa shape index (κ3) is 2.44. The van der Waals surface area contributed by atoms with E-state index < -0.39 is 0 Å². The van der Waals surface area contributed by atoms with Crippen LogP contribution >= 0.6 is 0 Å². The van der Waals surface area contributed by atoms with E-state index in [1.807, 2.05) is 31.2 Å². The minimum atomic E-state index is 0.564. The molecule has 1 aromatic carbocycles. The molecule has 0 heterocycles. The van der Waals surface area contributed by atoms with Gasteiger partial charge in [-0.1, -0.05) is 24.8 Å². The smallest absolute Gasteiger partial charge is 0.0965 e. The molecule has 0 saturated heterocycles. The number of nitrogens with zero attached hydrogens (tertiary/aromatic N) is 1. The van der Waals surface area contributed by atoms with Crippen molar-refractivity contribution in [3.05, 3.63) is 36.4 Å². The Balaban J connectivity index is 3.20. The summed E-state index contributed by atoms with van der Waals surface area (Å²) in [6.45, 7) is 7.61. The van der Waals surface area contributed by atoms with Gasteiger partial charge in [0, 0.05) is 5.56 Å². The van der Waals surface area contributed by atoms with Gasteiger partial charge in [-0.05, 0) is 25.5 Å². The number of benzene rings is 1. The SMILES string of the molecule is C=C(C)c1ccccc1N=C(C)N. The molecule has 1 rings (SSSR count). The first-order valence-corrected chi connectivity index (χ1v) is 4.17. The van der Waals surface area contributed by atoms with Crippen LogP contribution in [0.1, 0.15) is 19.4 Å². The van der Waals surface area contributed by atoms with Gasteiger partial charge in [0.2, 0.25) is 0 Å². The highest BCUT2D eigenvalue weighted by Gasteiger charge is 1.99. The van der Waals surface area contributed by atoms with Crippen molar-refractivity contribution in [2.75, 3.05) is 0 Å². The monoisotopic (exact) mass is 174 g/mol. The van der Waals surface area contributed by atoms with Gasteiger partial charge in [0.25, 0.3) is 0 Å². The Morgan fingerprint density at radius 3 is 2.46 bits per heavy atom. The van der Waals surface area contributed by atoms with E-state index in [2.05, 4.69) is 11.6 Å². The van der Waals surface area contributed by atoms with Crippen LogP contribution in [0.4, 0.5) is 5.69 Å². The Morgan fingerprint density at radius 1 is 1.31 bits per heavy atom. The molecule has 0 bridgehead atoms. The molecule has 0 radical (unpaired) electrons. The van der Waals surface area contributed by atoms with Gasteiger partial charge in [0.15, 0.2) is 0 Å². The number of aliphatic imine (C=N–C) groups is 1. The van der Waals surface area contributed by atoms with Gasteiger partial charge in [-0.3, -0.25) is 0 Å². The van der Waals surface area contributed by atoms with Crippen LogP contribution in [-0.2, 0) is 0 Å². The molecule has 0 fully saturated rings. The summed E-state index contributed by atoms with van der Waals surface area (Å²) >= 11 is 0. The predicted octanol–water partition coefficient (Wildman–Crippen LogP) is 2.73. The predicted molar refractivity (Wildman–Crippen MR) is 58.1 cm³/mol. The summed E-state index contributed by atoms with van der Waals surface area (Å²) in [5, 5.41) is 0. The standard InChI is InChI=1S/C11H14N2/c1-8(2)10-6-4-5-7-11(10)13-9(3)12/h4-7H,1H2,2-3H3,(H2,12,13). The lowest BCUT2D eigenvalue weighted by Gasteiger charge is -2.04. The number of allylic oxidation sites excluding steroid dienone is 1. The van der Waals surface area contributed by atoms with Crippen molar-refractivity contribution in [1.82, 2.24) is 0 Å². The molecule has 0 unspecified atom stereocenters. The van der Waals surface area contributed by atoms with Gasteiger partial charge in [-0.25, -0.2) is 4.99 Å². The Hall–Kier alpha value is -1.57. The Kier molecular flexibility index (Phi) is 2.85. The first-order valence-electron chi connectivity index (χ1n) is 4.17. The Morgan fingerprint density at radius 2 is 1.92 bits per heavy atom. The molecule has 0 spiro atoms. The van der Waals surface area contributed by atoms with E-state index in [4.69, 9.17) is 5.73 Å². The van der Waals surface area contributed by atoms with E-state index >= 15 is 0 Å². The Bertz CT molecular complexity index is 347. The number of nitrogens with two attached hydrogens (primary N) is 1. The lowest BCUT2D eigenvalue weighted by molar-refractivity contribution is 1.42. The molecule has 0 aliphatic carbocycles. The highest BCUT2D eigenvalue weighted by Crippen LogP contribution is 2.24. The average Bonchev–Trinajstić information content (AvgIpc) is 2.03. The molecule has 68 valence electrons. The number of hydrogen-bond acceptors (Lipinski definition) is 1. The van der Waals surface area contributed by atoms with E-state index in [0.29, 0.717) is 5.84 Å². The summed E-state index contributed by atoms with van der Waals surface area (Å²) in [5.74, 6) is 0.564. The first-order chi connectivity index (χ1) is 6.11. The van der Waals surface area contributed by atoms with Gasteiger partial charge >= 0.3 is 0 Å². The number of amidine groups is 1. The van der Waals surface area contributed by atoms with Crippen LogP contribution in [0, 0.1) is 0 Å². The highest BCUT2D eigenvalue weighted by molar-refractivity contribution is 5.83. The summed E-state index contributed by atoms with van der Waals surface area (Å²) in [7, 11) is 0. The van der Waals surface area contributed by atoms with Gasteiger partial charge in [0.05, 0.1) is 11.5 Å². The van der Waals surface area contributed by atoms with E-state index in [-0.39, 0.29) is 0 Å². The summed E-state index contributed by atoms with van der Waals surface area (Å²) in [5.41, 5.74) is 8.45. The van der Waals surface area contributed by atoms with Crippen molar-refractivity contribution in [1.29, 1.82) is 0 Å². The lowest BCUT2D eigenvalue weighted by atomic mass is 10.1. The molecule has 0 saturated carbocycles. The Labute approximate surface area is 78.8 Å².